The third-order valence-corrected chi connectivity index (χ3v) is 4.04. The summed E-state index contributed by atoms with van der Waals surface area (Å²) in [6.45, 7) is 1.52. The van der Waals surface area contributed by atoms with Crippen LogP contribution in [0.1, 0.15) is 5.56 Å². The molecule has 1 unspecified atom stereocenters. The summed E-state index contributed by atoms with van der Waals surface area (Å²) in [6, 6.07) is 11.3. The number of aromatic hydroxyl groups is 1. The summed E-state index contributed by atoms with van der Waals surface area (Å²) in [5.74, 6) is -0.118. The minimum atomic E-state index is -0.933. The number of nitrogens with one attached hydrogen (secondary N) is 2. The van der Waals surface area contributed by atoms with Gasteiger partial charge in [-0.05, 0) is 48.9 Å². The number of phenolic OH excluding ortho intramolecular Hbond substituents is 1. The molecule has 0 bridgehead atoms. The number of anilines is 3. The highest BCUT2D eigenvalue weighted by molar-refractivity contribution is 5.74. The monoisotopic (exact) mass is 384 g/mol. The van der Waals surface area contributed by atoms with Crippen molar-refractivity contribution < 1.29 is 19.7 Å². The minimum Gasteiger partial charge on any atom is -0.507 e. The van der Waals surface area contributed by atoms with Crippen LogP contribution < -0.4 is 10.6 Å². The molecule has 5 N–H and O–H groups in total. The van der Waals surface area contributed by atoms with Gasteiger partial charge in [0.1, 0.15) is 11.6 Å². The van der Waals surface area contributed by atoms with Gasteiger partial charge in [-0.25, -0.2) is 14.4 Å². The fourth-order valence-electron chi connectivity index (χ4n) is 2.56. The Bertz CT molecular complexity index is 968. The van der Waals surface area contributed by atoms with E-state index in [1.54, 1.807) is 30.3 Å². The second kappa shape index (κ2) is 8.64. The highest BCUT2D eigenvalue weighted by Crippen LogP contribution is 2.32. The molecule has 0 spiro atoms. The fourth-order valence-corrected chi connectivity index (χ4v) is 2.56. The van der Waals surface area contributed by atoms with Crippen LogP contribution in [0.3, 0.4) is 0 Å². The molecule has 3 rings (SSSR count). The number of rotatable bonds is 7. The SMILES string of the molecule is Cc1ccc(Nc2ccc(O)c(-c3ccnc(NCC(O)CO)n3)c2)c(F)c1. The Morgan fingerprint density at radius 3 is 2.71 bits per heavy atom. The first-order valence-corrected chi connectivity index (χ1v) is 8.68. The Morgan fingerprint density at radius 1 is 1.14 bits per heavy atom. The van der Waals surface area contributed by atoms with E-state index in [1.807, 2.05) is 6.92 Å². The highest BCUT2D eigenvalue weighted by Gasteiger charge is 2.11. The van der Waals surface area contributed by atoms with E-state index in [-0.39, 0.29) is 30.7 Å². The van der Waals surface area contributed by atoms with E-state index >= 15 is 0 Å². The number of phenols is 1. The maximum absolute atomic E-state index is 14.1. The molecule has 0 saturated heterocycles. The Labute approximate surface area is 161 Å². The lowest BCUT2D eigenvalue weighted by Gasteiger charge is -2.12. The molecule has 28 heavy (non-hydrogen) atoms. The van der Waals surface area contributed by atoms with Crippen molar-refractivity contribution in [2.45, 2.75) is 13.0 Å². The molecule has 0 fully saturated rings. The Kier molecular flexibility index (Phi) is 6.03. The molecule has 0 saturated carbocycles. The van der Waals surface area contributed by atoms with Gasteiger partial charge >= 0.3 is 0 Å². The molecule has 2 aromatic carbocycles. The average molecular weight is 384 g/mol. The van der Waals surface area contributed by atoms with Gasteiger partial charge in [-0.1, -0.05) is 6.07 Å². The van der Waals surface area contributed by atoms with Crippen LogP contribution in [-0.4, -0.2) is 44.5 Å². The number of nitrogens with zero attached hydrogens (tertiary/aromatic N) is 2. The van der Waals surface area contributed by atoms with Gasteiger partial charge in [-0.3, -0.25) is 0 Å². The fraction of sp³-hybridized carbons (Fsp3) is 0.200. The summed E-state index contributed by atoms with van der Waals surface area (Å²) < 4.78 is 14.1. The van der Waals surface area contributed by atoms with Crippen LogP contribution >= 0.6 is 0 Å². The zero-order valence-corrected chi connectivity index (χ0v) is 15.2. The molecule has 1 atom stereocenters. The minimum absolute atomic E-state index is 0.00923. The molecular formula is C20H21FN4O3. The first-order valence-electron chi connectivity index (χ1n) is 8.68. The normalized spacial score (nSPS) is 11.9. The van der Waals surface area contributed by atoms with Crippen molar-refractivity contribution in [2.75, 3.05) is 23.8 Å². The maximum atomic E-state index is 14.1. The number of hydrogen-bond donors (Lipinski definition) is 5. The first-order chi connectivity index (χ1) is 13.5. The summed E-state index contributed by atoms with van der Waals surface area (Å²) in [6.07, 6.45) is 0.576. The van der Waals surface area contributed by atoms with E-state index in [0.29, 0.717) is 22.6 Å². The Morgan fingerprint density at radius 2 is 1.96 bits per heavy atom. The van der Waals surface area contributed by atoms with Gasteiger partial charge in [0.2, 0.25) is 5.95 Å². The standard InChI is InChI=1S/C20H21FN4O3/c1-12-2-4-18(16(21)8-12)24-13-3-5-19(28)15(9-13)17-6-7-22-20(25-17)23-10-14(27)11-26/h2-9,14,24,26-28H,10-11H2,1H3,(H,22,23,25). The molecule has 8 heteroatoms. The summed E-state index contributed by atoms with van der Waals surface area (Å²) >= 11 is 0. The maximum Gasteiger partial charge on any atom is 0.223 e. The van der Waals surface area contributed by atoms with Crippen molar-refractivity contribution in [1.29, 1.82) is 0 Å². The Hall–Kier alpha value is -3.23. The van der Waals surface area contributed by atoms with Crippen molar-refractivity contribution >= 4 is 17.3 Å². The van der Waals surface area contributed by atoms with Crippen LogP contribution in [0.15, 0.2) is 48.7 Å². The van der Waals surface area contributed by atoms with Gasteiger partial charge in [0.15, 0.2) is 0 Å². The molecule has 0 amide bonds. The number of hydrogen-bond acceptors (Lipinski definition) is 7. The lowest BCUT2D eigenvalue weighted by molar-refractivity contribution is 0.105. The van der Waals surface area contributed by atoms with Gasteiger partial charge in [0.05, 0.1) is 24.1 Å². The van der Waals surface area contributed by atoms with Gasteiger partial charge in [0, 0.05) is 24.0 Å². The molecule has 1 aromatic heterocycles. The number of aryl methyl sites for hydroxylation is 1. The number of aliphatic hydroxyl groups excluding tert-OH is 2. The zero-order chi connectivity index (χ0) is 20.1. The lowest BCUT2D eigenvalue weighted by Crippen LogP contribution is -2.23. The van der Waals surface area contributed by atoms with Gasteiger partial charge < -0.3 is 26.0 Å². The quantitative estimate of drug-likeness (QED) is 0.398. The summed E-state index contributed by atoms with van der Waals surface area (Å²) in [5.41, 5.74) is 2.61. The summed E-state index contributed by atoms with van der Waals surface area (Å²) in [5, 5.41) is 34.3. The molecule has 1 heterocycles. The van der Waals surface area contributed by atoms with Crippen LogP contribution in [0.4, 0.5) is 21.7 Å². The molecule has 0 radical (unpaired) electrons. The van der Waals surface area contributed by atoms with Crippen molar-refractivity contribution in [1.82, 2.24) is 9.97 Å². The van der Waals surface area contributed by atoms with Crippen LogP contribution in [0.2, 0.25) is 0 Å². The topological polar surface area (TPSA) is 111 Å². The van der Waals surface area contributed by atoms with Crippen LogP contribution in [0, 0.1) is 12.7 Å². The zero-order valence-electron chi connectivity index (χ0n) is 15.2. The van der Waals surface area contributed by atoms with E-state index in [0.717, 1.165) is 5.56 Å². The number of aromatic nitrogens is 2. The highest BCUT2D eigenvalue weighted by atomic mass is 19.1. The number of aliphatic hydroxyl groups is 2. The van der Waals surface area contributed by atoms with Crippen molar-refractivity contribution in [3.63, 3.8) is 0 Å². The molecule has 0 aliphatic rings. The lowest BCUT2D eigenvalue weighted by atomic mass is 10.1. The predicted molar refractivity (Wildman–Crippen MR) is 105 cm³/mol. The molecule has 3 aromatic rings. The van der Waals surface area contributed by atoms with Crippen molar-refractivity contribution in [3.05, 3.63) is 60.0 Å². The van der Waals surface area contributed by atoms with Crippen LogP contribution in [-0.2, 0) is 0 Å². The van der Waals surface area contributed by atoms with Gasteiger partial charge in [0.25, 0.3) is 0 Å². The molecule has 7 nitrogen and oxygen atoms in total. The van der Waals surface area contributed by atoms with E-state index in [4.69, 9.17) is 5.11 Å². The average Bonchev–Trinajstić information content (AvgIpc) is 2.69. The molecule has 146 valence electrons. The second-order valence-corrected chi connectivity index (χ2v) is 6.32. The van der Waals surface area contributed by atoms with E-state index in [9.17, 15) is 14.6 Å². The Balaban J connectivity index is 1.85. The first kappa shape index (κ1) is 19.5. The van der Waals surface area contributed by atoms with Gasteiger partial charge in [-0.2, -0.15) is 0 Å². The van der Waals surface area contributed by atoms with E-state index in [1.165, 1.54) is 18.3 Å². The predicted octanol–water partition coefficient (Wildman–Crippen LogP) is 2.81. The third-order valence-electron chi connectivity index (χ3n) is 4.04. The molecular weight excluding hydrogens is 363 g/mol. The van der Waals surface area contributed by atoms with Gasteiger partial charge in [-0.15, -0.1) is 0 Å². The number of benzene rings is 2. The van der Waals surface area contributed by atoms with Crippen molar-refractivity contribution in [2.24, 2.45) is 0 Å². The molecule has 0 aliphatic heterocycles. The van der Waals surface area contributed by atoms with E-state index in [2.05, 4.69) is 20.6 Å². The largest absolute Gasteiger partial charge is 0.507 e. The third kappa shape index (κ3) is 4.73. The smallest absolute Gasteiger partial charge is 0.223 e. The summed E-state index contributed by atoms with van der Waals surface area (Å²) in [4.78, 5) is 8.36. The molecule has 0 aliphatic carbocycles. The van der Waals surface area contributed by atoms with E-state index < -0.39 is 6.10 Å². The van der Waals surface area contributed by atoms with Crippen LogP contribution in [0.5, 0.6) is 5.75 Å². The van der Waals surface area contributed by atoms with Crippen molar-refractivity contribution in [3.8, 4) is 17.0 Å². The van der Waals surface area contributed by atoms with Crippen LogP contribution in [0.25, 0.3) is 11.3 Å². The second-order valence-electron chi connectivity index (χ2n) is 6.32. The number of halogens is 1. The summed E-state index contributed by atoms with van der Waals surface area (Å²) in [7, 11) is 0.